The molecule has 1 aliphatic heterocycles. The Hall–Kier alpha value is -3.15. The van der Waals surface area contributed by atoms with E-state index in [1.807, 2.05) is 31.2 Å². The van der Waals surface area contributed by atoms with E-state index in [4.69, 9.17) is 4.74 Å². The standard InChI is InChI=1S/C21H22N2O4/c1-13-5-8-17(9-6-13)21(3)19(25)23(20(26)22-21)12-16-11-15(14(2)24)7-10-18(16)27-4/h5-11H,12H2,1-4H3,(H,22,26). The number of carbonyl (C=O) groups is 3. The summed E-state index contributed by atoms with van der Waals surface area (Å²) in [6, 6.07) is 12.0. The van der Waals surface area contributed by atoms with Crippen molar-refractivity contribution in [2.45, 2.75) is 32.9 Å². The Morgan fingerprint density at radius 3 is 2.41 bits per heavy atom. The summed E-state index contributed by atoms with van der Waals surface area (Å²) in [5.74, 6) is 0.0803. The highest BCUT2D eigenvalue weighted by atomic mass is 16.5. The molecule has 1 heterocycles. The number of benzene rings is 2. The van der Waals surface area contributed by atoms with Crippen LogP contribution in [-0.4, -0.2) is 29.7 Å². The zero-order valence-electron chi connectivity index (χ0n) is 15.8. The minimum Gasteiger partial charge on any atom is -0.496 e. The third-order valence-corrected chi connectivity index (χ3v) is 4.92. The molecule has 1 N–H and O–H groups in total. The molecular weight excluding hydrogens is 344 g/mol. The monoisotopic (exact) mass is 366 g/mol. The molecule has 3 amide bonds. The van der Waals surface area contributed by atoms with Gasteiger partial charge in [-0.3, -0.25) is 14.5 Å². The van der Waals surface area contributed by atoms with Gasteiger partial charge in [-0.05, 0) is 44.5 Å². The number of rotatable bonds is 5. The fraction of sp³-hybridized carbons (Fsp3) is 0.286. The summed E-state index contributed by atoms with van der Waals surface area (Å²) in [5.41, 5.74) is 1.76. The quantitative estimate of drug-likeness (QED) is 0.651. The van der Waals surface area contributed by atoms with Gasteiger partial charge in [-0.1, -0.05) is 29.8 Å². The fourth-order valence-corrected chi connectivity index (χ4v) is 3.21. The topological polar surface area (TPSA) is 75.7 Å². The number of Topliss-reactive ketones (excluding diaryl/α,β-unsaturated/α-hetero) is 1. The number of imide groups is 1. The van der Waals surface area contributed by atoms with Gasteiger partial charge in [0.2, 0.25) is 0 Å². The van der Waals surface area contributed by atoms with Crippen LogP contribution in [0.25, 0.3) is 0 Å². The zero-order valence-corrected chi connectivity index (χ0v) is 15.8. The zero-order chi connectivity index (χ0) is 19.8. The van der Waals surface area contributed by atoms with Gasteiger partial charge in [-0.15, -0.1) is 0 Å². The maximum atomic E-state index is 13.1. The Morgan fingerprint density at radius 1 is 1.15 bits per heavy atom. The van der Waals surface area contributed by atoms with Gasteiger partial charge in [0.1, 0.15) is 11.3 Å². The summed E-state index contributed by atoms with van der Waals surface area (Å²) < 4.78 is 5.33. The number of amides is 3. The number of nitrogens with zero attached hydrogens (tertiary/aromatic N) is 1. The SMILES string of the molecule is COc1ccc(C(C)=O)cc1CN1C(=O)NC(C)(c2ccc(C)cc2)C1=O. The van der Waals surface area contributed by atoms with Crippen LogP contribution < -0.4 is 10.1 Å². The maximum Gasteiger partial charge on any atom is 0.325 e. The first kappa shape index (κ1) is 18.6. The first-order valence-electron chi connectivity index (χ1n) is 8.65. The van der Waals surface area contributed by atoms with Crippen LogP contribution in [-0.2, 0) is 16.9 Å². The third kappa shape index (κ3) is 3.30. The molecule has 2 aromatic carbocycles. The fourth-order valence-electron chi connectivity index (χ4n) is 3.21. The first-order valence-corrected chi connectivity index (χ1v) is 8.65. The van der Waals surface area contributed by atoms with Crippen molar-refractivity contribution in [1.82, 2.24) is 10.2 Å². The highest BCUT2D eigenvalue weighted by Crippen LogP contribution is 2.31. The molecule has 1 unspecified atom stereocenters. The summed E-state index contributed by atoms with van der Waals surface area (Å²) in [6.45, 7) is 5.15. The van der Waals surface area contributed by atoms with E-state index < -0.39 is 11.6 Å². The van der Waals surface area contributed by atoms with Crippen LogP contribution in [0.1, 0.15) is 40.9 Å². The number of methoxy groups -OCH3 is 1. The lowest BCUT2D eigenvalue weighted by Gasteiger charge is -2.22. The number of nitrogens with one attached hydrogen (secondary N) is 1. The summed E-state index contributed by atoms with van der Waals surface area (Å²) in [5, 5.41) is 2.79. The summed E-state index contributed by atoms with van der Waals surface area (Å²) in [4.78, 5) is 38.5. The van der Waals surface area contributed by atoms with Crippen LogP contribution in [0.2, 0.25) is 0 Å². The number of aryl methyl sites for hydroxylation is 1. The summed E-state index contributed by atoms with van der Waals surface area (Å²) in [7, 11) is 1.51. The average Bonchev–Trinajstić information content (AvgIpc) is 2.86. The molecule has 140 valence electrons. The molecule has 0 saturated carbocycles. The Bertz CT molecular complexity index is 920. The number of ketones is 1. The minimum absolute atomic E-state index is 0.0242. The highest BCUT2D eigenvalue weighted by Gasteiger charge is 2.49. The van der Waals surface area contributed by atoms with E-state index in [1.54, 1.807) is 25.1 Å². The summed E-state index contributed by atoms with van der Waals surface area (Å²) >= 11 is 0. The third-order valence-electron chi connectivity index (χ3n) is 4.92. The molecule has 6 heteroatoms. The highest BCUT2D eigenvalue weighted by molar-refractivity contribution is 6.07. The molecular formula is C21H22N2O4. The van der Waals surface area contributed by atoms with Crippen molar-refractivity contribution in [1.29, 1.82) is 0 Å². The minimum atomic E-state index is -1.13. The molecule has 6 nitrogen and oxygen atoms in total. The molecule has 2 aromatic rings. The van der Waals surface area contributed by atoms with E-state index in [1.165, 1.54) is 14.0 Å². The Morgan fingerprint density at radius 2 is 1.81 bits per heavy atom. The number of hydrogen-bond acceptors (Lipinski definition) is 4. The molecule has 0 bridgehead atoms. The van der Waals surface area contributed by atoms with E-state index in [0.29, 0.717) is 16.9 Å². The smallest absolute Gasteiger partial charge is 0.325 e. The molecule has 3 rings (SSSR count). The van der Waals surface area contributed by atoms with Gasteiger partial charge in [0, 0.05) is 11.1 Å². The molecule has 1 atom stereocenters. The van der Waals surface area contributed by atoms with Crippen LogP contribution in [0.3, 0.4) is 0 Å². The van der Waals surface area contributed by atoms with Gasteiger partial charge in [0.05, 0.1) is 13.7 Å². The van der Waals surface area contributed by atoms with Crippen molar-refractivity contribution in [2.24, 2.45) is 0 Å². The Kier molecular flexibility index (Phi) is 4.74. The molecule has 0 radical (unpaired) electrons. The van der Waals surface area contributed by atoms with Crippen molar-refractivity contribution in [3.8, 4) is 5.75 Å². The molecule has 1 fully saturated rings. The predicted molar refractivity (Wildman–Crippen MR) is 101 cm³/mol. The average molecular weight is 366 g/mol. The van der Waals surface area contributed by atoms with E-state index in [2.05, 4.69) is 5.32 Å². The van der Waals surface area contributed by atoms with E-state index >= 15 is 0 Å². The number of hydrogen-bond donors (Lipinski definition) is 1. The predicted octanol–water partition coefficient (Wildman–Crippen LogP) is 3.17. The van der Waals surface area contributed by atoms with Crippen molar-refractivity contribution in [3.63, 3.8) is 0 Å². The number of urea groups is 1. The lowest BCUT2D eigenvalue weighted by atomic mass is 9.91. The van der Waals surface area contributed by atoms with Crippen molar-refractivity contribution < 1.29 is 19.1 Å². The van der Waals surface area contributed by atoms with Crippen molar-refractivity contribution in [3.05, 3.63) is 64.7 Å². The van der Waals surface area contributed by atoms with E-state index in [9.17, 15) is 14.4 Å². The lowest BCUT2D eigenvalue weighted by Crippen LogP contribution is -2.40. The van der Waals surface area contributed by atoms with Gasteiger partial charge >= 0.3 is 6.03 Å². The largest absolute Gasteiger partial charge is 0.496 e. The molecule has 0 aliphatic carbocycles. The second kappa shape index (κ2) is 6.87. The van der Waals surface area contributed by atoms with Crippen LogP contribution in [0.4, 0.5) is 4.79 Å². The van der Waals surface area contributed by atoms with Crippen LogP contribution in [0.15, 0.2) is 42.5 Å². The number of ether oxygens (including phenoxy) is 1. The van der Waals surface area contributed by atoms with Gasteiger partial charge in [-0.2, -0.15) is 0 Å². The van der Waals surface area contributed by atoms with Gasteiger partial charge < -0.3 is 10.1 Å². The lowest BCUT2D eigenvalue weighted by molar-refractivity contribution is -0.131. The molecule has 0 aromatic heterocycles. The van der Waals surface area contributed by atoms with Crippen LogP contribution >= 0.6 is 0 Å². The second-order valence-electron chi connectivity index (χ2n) is 6.90. The molecule has 27 heavy (non-hydrogen) atoms. The number of carbonyl (C=O) groups excluding carboxylic acids is 3. The van der Waals surface area contributed by atoms with E-state index in [0.717, 1.165) is 16.0 Å². The molecule has 1 aliphatic rings. The van der Waals surface area contributed by atoms with Crippen molar-refractivity contribution >= 4 is 17.7 Å². The molecule has 1 saturated heterocycles. The second-order valence-corrected chi connectivity index (χ2v) is 6.90. The first-order chi connectivity index (χ1) is 12.8. The Labute approximate surface area is 158 Å². The van der Waals surface area contributed by atoms with Crippen LogP contribution in [0.5, 0.6) is 5.75 Å². The van der Waals surface area contributed by atoms with Gasteiger partial charge in [0.15, 0.2) is 5.78 Å². The van der Waals surface area contributed by atoms with E-state index in [-0.39, 0.29) is 18.2 Å². The van der Waals surface area contributed by atoms with Gasteiger partial charge in [0.25, 0.3) is 5.91 Å². The van der Waals surface area contributed by atoms with Gasteiger partial charge in [-0.25, -0.2) is 4.79 Å². The maximum absolute atomic E-state index is 13.1. The molecule has 0 spiro atoms. The van der Waals surface area contributed by atoms with Crippen molar-refractivity contribution in [2.75, 3.05) is 7.11 Å². The normalized spacial score (nSPS) is 19.2. The Balaban J connectivity index is 1.93. The summed E-state index contributed by atoms with van der Waals surface area (Å²) in [6.07, 6.45) is 0. The van der Waals surface area contributed by atoms with Crippen LogP contribution in [0, 0.1) is 6.92 Å².